The van der Waals surface area contributed by atoms with Crippen molar-refractivity contribution in [1.29, 1.82) is 0 Å². The molecule has 1 aromatic carbocycles. The van der Waals surface area contributed by atoms with Gasteiger partial charge < -0.3 is 9.64 Å². The summed E-state index contributed by atoms with van der Waals surface area (Å²) in [6, 6.07) is 13.7. The summed E-state index contributed by atoms with van der Waals surface area (Å²) in [6.07, 6.45) is 5.31. The zero-order chi connectivity index (χ0) is 18.2. The van der Waals surface area contributed by atoms with Crippen molar-refractivity contribution in [3.8, 4) is 5.75 Å². The van der Waals surface area contributed by atoms with Crippen LogP contribution in [0.2, 0.25) is 0 Å². The summed E-state index contributed by atoms with van der Waals surface area (Å²) in [6.45, 7) is 6.61. The molecule has 1 aliphatic heterocycles. The topological polar surface area (TPSA) is 45.7 Å². The van der Waals surface area contributed by atoms with E-state index in [0.717, 1.165) is 49.7 Å². The van der Waals surface area contributed by atoms with Crippen molar-refractivity contribution in [3.05, 3.63) is 66.0 Å². The van der Waals surface area contributed by atoms with Crippen LogP contribution in [0.15, 0.2) is 54.7 Å². The third kappa shape index (κ3) is 4.92. The number of pyridine rings is 1. The van der Waals surface area contributed by atoms with Gasteiger partial charge in [-0.15, -0.1) is 0 Å². The second kappa shape index (κ2) is 9.15. The summed E-state index contributed by atoms with van der Waals surface area (Å²) in [4.78, 5) is 21.1. The highest BCUT2D eigenvalue weighted by Gasteiger charge is 2.19. The number of carbonyl (C=O) groups excluding carboxylic acids is 1. The van der Waals surface area contributed by atoms with E-state index in [1.165, 1.54) is 0 Å². The summed E-state index contributed by atoms with van der Waals surface area (Å²) in [7, 11) is 0. The van der Waals surface area contributed by atoms with Crippen LogP contribution < -0.4 is 4.74 Å². The molecule has 1 fully saturated rings. The molecule has 0 bridgehead atoms. The first-order chi connectivity index (χ1) is 12.8. The molecular weight excluding hydrogens is 326 g/mol. The number of amides is 1. The Morgan fingerprint density at radius 3 is 2.62 bits per heavy atom. The van der Waals surface area contributed by atoms with E-state index in [2.05, 4.69) is 9.88 Å². The minimum absolute atomic E-state index is 0.0498. The quantitative estimate of drug-likeness (QED) is 0.751. The van der Waals surface area contributed by atoms with E-state index in [1.54, 1.807) is 6.08 Å². The third-order valence-electron chi connectivity index (χ3n) is 4.42. The van der Waals surface area contributed by atoms with Crippen LogP contribution in [0.4, 0.5) is 0 Å². The molecule has 5 heteroatoms. The minimum atomic E-state index is 0.0498. The third-order valence-corrected chi connectivity index (χ3v) is 4.42. The lowest BCUT2D eigenvalue weighted by molar-refractivity contribution is -0.127. The molecule has 0 spiro atoms. The summed E-state index contributed by atoms with van der Waals surface area (Å²) < 4.78 is 5.60. The second-order valence-electron chi connectivity index (χ2n) is 6.23. The zero-order valence-corrected chi connectivity index (χ0v) is 15.2. The van der Waals surface area contributed by atoms with Gasteiger partial charge in [0, 0.05) is 50.6 Å². The average molecular weight is 351 g/mol. The standard InChI is InChI=1S/C21H25N3O2/c1-2-26-20-9-4-3-7-18(20)10-11-21(25)24-15-13-23(14-16-24)17-19-8-5-6-12-22-19/h3-12H,2,13-17H2,1H3/b11-10+. The van der Waals surface area contributed by atoms with Crippen molar-refractivity contribution in [2.45, 2.75) is 13.5 Å². The lowest BCUT2D eigenvalue weighted by atomic mass is 10.2. The number of benzene rings is 1. The van der Waals surface area contributed by atoms with Crippen LogP contribution >= 0.6 is 0 Å². The van der Waals surface area contributed by atoms with E-state index in [-0.39, 0.29) is 5.91 Å². The Morgan fingerprint density at radius 1 is 1.12 bits per heavy atom. The van der Waals surface area contributed by atoms with Crippen LogP contribution in [-0.4, -0.2) is 53.5 Å². The molecule has 0 N–H and O–H groups in total. The van der Waals surface area contributed by atoms with E-state index in [9.17, 15) is 4.79 Å². The monoisotopic (exact) mass is 351 g/mol. The minimum Gasteiger partial charge on any atom is -0.493 e. The van der Waals surface area contributed by atoms with Gasteiger partial charge in [-0.1, -0.05) is 24.3 Å². The highest BCUT2D eigenvalue weighted by Crippen LogP contribution is 2.19. The average Bonchev–Trinajstić information content (AvgIpc) is 2.69. The number of para-hydroxylation sites is 1. The number of carbonyl (C=O) groups is 1. The Balaban J connectivity index is 1.52. The lowest BCUT2D eigenvalue weighted by Crippen LogP contribution is -2.47. The molecule has 0 radical (unpaired) electrons. The Bertz CT molecular complexity index is 738. The number of aromatic nitrogens is 1. The Kier molecular flexibility index (Phi) is 6.39. The van der Waals surface area contributed by atoms with Crippen molar-refractivity contribution in [3.63, 3.8) is 0 Å². The van der Waals surface area contributed by atoms with Gasteiger partial charge in [-0.2, -0.15) is 0 Å². The van der Waals surface area contributed by atoms with Gasteiger partial charge in [0.15, 0.2) is 0 Å². The van der Waals surface area contributed by atoms with Crippen LogP contribution in [-0.2, 0) is 11.3 Å². The van der Waals surface area contributed by atoms with Gasteiger partial charge in [0.05, 0.1) is 12.3 Å². The van der Waals surface area contributed by atoms with Crippen molar-refractivity contribution in [2.24, 2.45) is 0 Å². The molecular formula is C21H25N3O2. The van der Waals surface area contributed by atoms with Crippen molar-refractivity contribution in [2.75, 3.05) is 32.8 Å². The predicted molar refractivity (Wildman–Crippen MR) is 103 cm³/mol. The van der Waals surface area contributed by atoms with Gasteiger partial charge in [-0.05, 0) is 31.2 Å². The molecule has 3 rings (SSSR count). The molecule has 1 aliphatic rings. The first-order valence-electron chi connectivity index (χ1n) is 9.07. The molecule has 0 unspecified atom stereocenters. The highest BCUT2D eigenvalue weighted by molar-refractivity contribution is 5.92. The molecule has 26 heavy (non-hydrogen) atoms. The molecule has 5 nitrogen and oxygen atoms in total. The van der Waals surface area contributed by atoms with Gasteiger partial charge in [-0.25, -0.2) is 0 Å². The smallest absolute Gasteiger partial charge is 0.246 e. The second-order valence-corrected chi connectivity index (χ2v) is 6.23. The Labute approximate surface area is 154 Å². The molecule has 2 heterocycles. The number of hydrogen-bond donors (Lipinski definition) is 0. The number of hydrogen-bond acceptors (Lipinski definition) is 4. The van der Waals surface area contributed by atoms with Crippen molar-refractivity contribution < 1.29 is 9.53 Å². The van der Waals surface area contributed by atoms with Crippen LogP contribution in [0.1, 0.15) is 18.2 Å². The number of ether oxygens (including phenoxy) is 1. The van der Waals surface area contributed by atoms with Crippen LogP contribution in [0, 0.1) is 0 Å². The molecule has 0 saturated carbocycles. The molecule has 0 aliphatic carbocycles. The molecule has 1 aromatic heterocycles. The van der Waals surface area contributed by atoms with E-state index in [4.69, 9.17) is 4.74 Å². The first-order valence-corrected chi connectivity index (χ1v) is 9.07. The normalized spacial score (nSPS) is 15.3. The fourth-order valence-corrected chi connectivity index (χ4v) is 3.02. The van der Waals surface area contributed by atoms with E-state index >= 15 is 0 Å². The summed E-state index contributed by atoms with van der Waals surface area (Å²) in [5, 5.41) is 0. The fourth-order valence-electron chi connectivity index (χ4n) is 3.02. The summed E-state index contributed by atoms with van der Waals surface area (Å²) in [5.74, 6) is 0.855. The van der Waals surface area contributed by atoms with Crippen molar-refractivity contribution in [1.82, 2.24) is 14.8 Å². The molecule has 1 amide bonds. The lowest BCUT2D eigenvalue weighted by Gasteiger charge is -2.34. The Morgan fingerprint density at radius 2 is 1.88 bits per heavy atom. The summed E-state index contributed by atoms with van der Waals surface area (Å²) in [5.41, 5.74) is 2.00. The maximum atomic E-state index is 12.5. The molecule has 1 saturated heterocycles. The van der Waals surface area contributed by atoms with Gasteiger partial charge in [0.2, 0.25) is 5.91 Å². The van der Waals surface area contributed by atoms with Crippen LogP contribution in [0.3, 0.4) is 0 Å². The van der Waals surface area contributed by atoms with Gasteiger partial charge in [0.25, 0.3) is 0 Å². The number of piperazine rings is 1. The predicted octanol–water partition coefficient (Wildman–Crippen LogP) is 2.84. The van der Waals surface area contributed by atoms with E-state index < -0.39 is 0 Å². The molecule has 136 valence electrons. The largest absolute Gasteiger partial charge is 0.493 e. The van der Waals surface area contributed by atoms with Crippen molar-refractivity contribution >= 4 is 12.0 Å². The number of nitrogens with zero attached hydrogens (tertiary/aromatic N) is 3. The van der Waals surface area contributed by atoms with Crippen LogP contribution in [0.5, 0.6) is 5.75 Å². The van der Waals surface area contributed by atoms with E-state index in [0.29, 0.717) is 6.61 Å². The highest BCUT2D eigenvalue weighted by atomic mass is 16.5. The van der Waals surface area contributed by atoms with Crippen LogP contribution in [0.25, 0.3) is 6.08 Å². The first kappa shape index (κ1) is 18.1. The summed E-state index contributed by atoms with van der Waals surface area (Å²) >= 11 is 0. The van der Waals surface area contributed by atoms with E-state index in [1.807, 2.05) is 66.6 Å². The van der Waals surface area contributed by atoms with Gasteiger partial charge in [0.1, 0.15) is 5.75 Å². The van der Waals surface area contributed by atoms with Gasteiger partial charge >= 0.3 is 0 Å². The SMILES string of the molecule is CCOc1ccccc1/C=C/C(=O)N1CCN(Cc2ccccn2)CC1. The molecule has 0 atom stereocenters. The number of rotatable bonds is 6. The maximum absolute atomic E-state index is 12.5. The molecule has 2 aromatic rings. The maximum Gasteiger partial charge on any atom is 0.246 e. The van der Waals surface area contributed by atoms with Gasteiger partial charge in [-0.3, -0.25) is 14.7 Å². The zero-order valence-electron chi connectivity index (χ0n) is 15.2. The fraction of sp³-hybridized carbons (Fsp3) is 0.333. The Hall–Kier alpha value is -2.66.